The summed E-state index contributed by atoms with van der Waals surface area (Å²) in [5.74, 6) is 0.958. The van der Waals surface area contributed by atoms with Gasteiger partial charge in [-0.1, -0.05) is 27.5 Å². The van der Waals surface area contributed by atoms with E-state index in [2.05, 4.69) is 26.1 Å². The van der Waals surface area contributed by atoms with E-state index in [1.807, 2.05) is 12.1 Å². The SMILES string of the molecule is ClCc1nncn1-c1cc(Br)ccc1Cl. The van der Waals surface area contributed by atoms with Gasteiger partial charge in [-0.3, -0.25) is 4.57 Å². The van der Waals surface area contributed by atoms with Crippen molar-refractivity contribution in [2.45, 2.75) is 5.88 Å². The quantitative estimate of drug-likeness (QED) is 0.796. The first kappa shape index (κ1) is 10.9. The lowest BCUT2D eigenvalue weighted by atomic mass is 10.3. The van der Waals surface area contributed by atoms with Crippen LogP contribution in [0.1, 0.15) is 5.82 Å². The maximum Gasteiger partial charge on any atom is 0.152 e. The molecule has 0 N–H and O–H groups in total. The molecule has 0 spiro atoms. The molecule has 0 saturated carbocycles. The molecular formula is C9H6BrCl2N3. The van der Waals surface area contributed by atoms with Gasteiger partial charge in [0, 0.05) is 4.47 Å². The van der Waals surface area contributed by atoms with Crippen LogP contribution in [0.3, 0.4) is 0 Å². The van der Waals surface area contributed by atoms with Gasteiger partial charge in [-0.15, -0.1) is 21.8 Å². The minimum absolute atomic E-state index is 0.294. The van der Waals surface area contributed by atoms with Gasteiger partial charge in [0.25, 0.3) is 0 Å². The van der Waals surface area contributed by atoms with Crippen molar-refractivity contribution in [2.24, 2.45) is 0 Å². The molecule has 0 bridgehead atoms. The molecule has 0 atom stereocenters. The van der Waals surface area contributed by atoms with E-state index in [-0.39, 0.29) is 0 Å². The normalized spacial score (nSPS) is 10.6. The van der Waals surface area contributed by atoms with Gasteiger partial charge in [-0.2, -0.15) is 0 Å². The molecule has 78 valence electrons. The minimum atomic E-state index is 0.294. The van der Waals surface area contributed by atoms with E-state index in [1.165, 1.54) is 0 Å². The Bertz CT molecular complexity index is 484. The van der Waals surface area contributed by atoms with Gasteiger partial charge in [0.15, 0.2) is 5.82 Å². The van der Waals surface area contributed by atoms with Gasteiger partial charge in [-0.05, 0) is 18.2 Å². The van der Waals surface area contributed by atoms with Crippen molar-refractivity contribution in [1.29, 1.82) is 0 Å². The Morgan fingerprint density at radius 1 is 1.40 bits per heavy atom. The summed E-state index contributed by atoms with van der Waals surface area (Å²) in [6.45, 7) is 0. The van der Waals surface area contributed by atoms with Crippen molar-refractivity contribution >= 4 is 39.1 Å². The van der Waals surface area contributed by atoms with Crippen LogP contribution in [-0.4, -0.2) is 14.8 Å². The van der Waals surface area contributed by atoms with Gasteiger partial charge in [0.05, 0.1) is 16.6 Å². The number of benzene rings is 1. The zero-order valence-corrected chi connectivity index (χ0v) is 10.6. The summed E-state index contributed by atoms with van der Waals surface area (Å²) in [4.78, 5) is 0. The van der Waals surface area contributed by atoms with Crippen molar-refractivity contribution in [3.63, 3.8) is 0 Å². The van der Waals surface area contributed by atoms with Gasteiger partial charge in [0.1, 0.15) is 6.33 Å². The first-order valence-corrected chi connectivity index (χ1v) is 5.83. The number of hydrogen-bond donors (Lipinski definition) is 0. The van der Waals surface area contributed by atoms with Crippen molar-refractivity contribution in [2.75, 3.05) is 0 Å². The monoisotopic (exact) mass is 305 g/mol. The predicted octanol–water partition coefficient (Wildman–Crippen LogP) is 3.42. The highest BCUT2D eigenvalue weighted by Crippen LogP contribution is 2.25. The maximum absolute atomic E-state index is 6.08. The molecule has 0 aliphatic rings. The second-order valence-electron chi connectivity index (χ2n) is 2.85. The largest absolute Gasteiger partial charge is 0.283 e. The predicted molar refractivity (Wildman–Crippen MR) is 63.6 cm³/mol. The van der Waals surface area contributed by atoms with Crippen LogP contribution in [-0.2, 0) is 5.88 Å². The molecule has 0 aliphatic carbocycles. The lowest BCUT2D eigenvalue weighted by molar-refractivity contribution is 0.950. The third kappa shape index (κ3) is 2.17. The fourth-order valence-corrected chi connectivity index (χ4v) is 1.96. The van der Waals surface area contributed by atoms with Gasteiger partial charge >= 0.3 is 0 Å². The van der Waals surface area contributed by atoms with Crippen LogP contribution in [0.4, 0.5) is 0 Å². The van der Waals surface area contributed by atoms with E-state index >= 15 is 0 Å². The molecule has 0 unspecified atom stereocenters. The molecule has 2 aromatic rings. The van der Waals surface area contributed by atoms with Crippen LogP contribution in [0.2, 0.25) is 5.02 Å². The molecule has 0 saturated heterocycles. The van der Waals surface area contributed by atoms with E-state index in [4.69, 9.17) is 23.2 Å². The molecule has 2 rings (SSSR count). The molecular weight excluding hydrogens is 301 g/mol. The fraction of sp³-hybridized carbons (Fsp3) is 0.111. The van der Waals surface area contributed by atoms with E-state index in [9.17, 15) is 0 Å². The number of halogens is 3. The molecule has 3 nitrogen and oxygen atoms in total. The van der Waals surface area contributed by atoms with E-state index in [0.717, 1.165) is 10.2 Å². The summed E-state index contributed by atoms with van der Waals surface area (Å²) < 4.78 is 2.70. The third-order valence-electron chi connectivity index (χ3n) is 1.91. The molecule has 0 fully saturated rings. The van der Waals surface area contributed by atoms with Crippen molar-refractivity contribution in [1.82, 2.24) is 14.8 Å². The third-order valence-corrected chi connectivity index (χ3v) is 2.96. The number of rotatable bonds is 2. The zero-order chi connectivity index (χ0) is 10.8. The Labute approximate surface area is 105 Å². The Morgan fingerprint density at radius 3 is 2.93 bits per heavy atom. The van der Waals surface area contributed by atoms with Crippen LogP contribution in [0.15, 0.2) is 29.0 Å². The maximum atomic E-state index is 6.08. The molecule has 1 aromatic carbocycles. The van der Waals surface area contributed by atoms with Crippen LogP contribution in [0.25, 0.3) is 5.69 Å². The summed E-state index contributed by atoms with van der Waals surface area (Å²) in [5.41, 5.74) is 0.812. The highest BCUT2D eigenvalue weighted by Gasteiger charge is 2.08. The van der Waals surface area contributed by atoms with Crippen LogP contribution in [0, 0.1) is 0 Å². The summed E-state index contributed by atoms with van der Waals surface area (Å²) in [6, 6.07) is 5.57. The standard InChI is InChI=1S/C9H6BrCl2N3/c10-6-1-2-7(12)8(3-6)15-5-13-14-9(15)4-11/h1-3,5H,4H2. The highest BCUT2D eigenvalue weighted by molar-refractivity contribution is 9.10. The number of aromatic nitrogens is 3. The smallest absolute Gasteiger partial charge is 0.152 e. The summed E-state index contributed by atoms with van der Waals surface area (Å²) >= 11 is 15.2. The molecule has 1 heterocycles. The second-order valence-corrected chi connectivity index (χ2v) is 4.44. The number of alkyl halides is 1. The topological polar surface area (TPSA) is 30.7 Å². The van der Waals surface area contributed by atoms with Crippen molar-refractivity contribution in [3.8, 4) is 5.69 Å². The van der Waals surface area contributed by atoms with Gasteiger partial charge < -0.3 is 0 Å². The molecule has 0 radical (unpaired) electrons. The Morgan fingerprint density at radius 2 is 2.20 bits per heavy atom. The zero-order valence-electron chi connectivity index (χ0n) is 7.49. The summed E-state index contributed by atoms with van der Waals surface area (Å²) in [7, 11) is 0. The number of nitrogens with zero attached hydrogens (tertiary/aromatic N) is 3. The second kappa shape index (κ2) is 4.51. The van der Waals surface area contributed by atoms with E-state index < -0.39 is 0 Å². The summed E-state index contributed by atoms with van der Waals surface area (Å²) in [5, 5.41) is 8.31. The van der Waals surface area contributed by atoms with Crippen LogP contribution >= 0.6 is 39.1 Å². The van der Waals surface area contributed by atoms with Crippen molar-refractivity contribution < 1.29 is 0 Å². The summed E-state index contributed by atoms with van der Waals surface area (Å²) in [6.07, 6.45) is 1.59. The molecule has 15 heavy (non-hydrogen) atoms. The van der Waals surface area contributed by atoms with Gasteiger partial charge in [0.2, 0.25) is 0 Å². The average Bonchev–Trinajstić information content (AvgIpc) is 2.69. The number of hydrogen-bond acceptors (Lipinski definition) is 2. The van der Waals surface area contributed by atoms with Gasteiger partial charge in [-0.25, -0.2) is 0 Å². The average molecular weight is 307 g/mol. The van der Waals surface area contributed by atoms with Crippen LogP contribution in [0.5, 0.6) is 0 Å². The fourth-order valence-electron chi connectivity index (χ4n) is 1.22. The molecule has 0 amide bonds. The molecule has 0 aliphatic heterocycles. The Balaban J connectivity index is 2.58. The first-order valence-electron chi connectivity index (χ1n) is 4.12. The first-order chi connectivity index (χ1) is 7.22. The van der Waals surface area contributed by atoms with E-state index in [0.29, 0.717) is 16.7 Å². The highest BCUT2D eigenvalue weighted by atomic mass is 79.9. The lowest BCUT2D eigenvalue weighted by Gasteiger charge is -2.07. The molecule has 6 heteroatoms. The van der Waals surface area contributed by atoms with E-state index in [1.54, 1.807) is 17.0 Å². The molecule has 1 aromatic heterocycles. The Kier molecular flexibility index (Phi) is 3.29. The Hall–Kier alpha value is -0.580. The van der Waals surface area contributed by atoms with Crippen molar-refractivity contribution in [3.05, 3.63) is 39.8 Å². The van der Waals surface area contributed by atoms with Crippen LogP contribution < -0.4 is 0 Å². The lowest BCUT2D eigenvalue weighted by Crippen LogP contribution is -1.98. The minimum Gasteiger partial charge on any atom is -0.283 e.